The van der Waals surface area contributed by atoms with Gasteiger partial charge in [0, 0.05) is 25.6 Å². The highest BCUT2D eigenvalue weighted by molar-refractivity contribution is 9.10. The molecule has 3 unspecified atom stereocenters. The summed E-state index contributed by atoms with van der Waals surface area (Å²) in [6.45, 7) is 5.47. The van der Waals surface area contributed by atoms with E-state index < -0.39 is 12.2 Å². The summed E-state index contributed by atoms with van der Waals surface area (Å²) < 4.78 is 6.50. The van der Waals surface area contributed by atoms with Gasteiger partial charge in [-0.25, -0.2) is 0 Å². The Morgan fingerprint density at radius 3 is 2.95 bits per heavy atom. The first kappa shape index (κ1) is 16.3. The van der Waals surface area contributed by atoms with Crippen molar-refractivity contribution in [3.63, 3.8) is 0 Å². The van der Waals surface area contributed by atoms with Crippen molar-refractivity contribution >= 4 is 21.8 Å². The van der Waals surface area contributed by atoms with Gasteiger partial charge in [0.2, 0.25) is 0 Å². The number of β-amino-alcohol motifs (C(OH)–C–C–N with tert-alkyl or cyclic N) is 1. The lowest BCUT2D eigenvalue weighted by atomic mass is 10.1. The van der Waals surface area contributed by atoms with Crippen LogP contribution in [0, 0.1) is 12.8 Å². The van der Waals surface area contributed by atoms with Gasteiger partial charge in [-0.3, -0.25) is 4.79 Å². The van der Waals surface area contributed by atoms with Crippen molar-refractivity contribution in [2.45, 2.75) is 26.1 Å². The third-order valence-corrected chi connectivity index (χ3v) is 4.22. The van der Waals surface area contributed by atoms with E-state index in [4.69, 9.17) is 4.74 Å². The predicted octanol–water partition coefficient (Wildman–Crippen LogP) is 1.22. The van der Waals surface area contributed by atoms with E-state index in [1.165, 1.54) is 0 Å². The molecule has 1 aromatic rings. The zero-order valence-corrected chi connectivity index (χ0v) is 13.8. The lowest BCUT2D eigenvalue weighted by Gasteiger charge is -2.18. The molecule has 0 aliphatic carbocycles. The predicted molar refractivity (Wildman–Crippen MR) is 84.3 cm³/mol. The summed E-state index contributed by atoms with van der Waals surface area (Å²) in [5.74, 6) is 0.527. The summed E-state index contributed by atoms with van der Waals surface area (Å²) in [5.41, 5.74) is 1.12. The number of aliphatic hydroxyl groups excluding tert-OH is 1. The molecule has 1 aliphatic rings. The summed E-state index contributed by atoms with van der Waals surface area (Å²) in [5, 5.41) is 15.6. The number of halogens is 1. The van der Waals surface area contributed by atoms with Gasteiger partial charge >= 0.3 is 0 Å². The Hall–Kier alpha value is -1.11. The molecule has 0 bridgehead atoms. The van der Waals surface area contributed by atoms with Gasteiger partial charge in [0.1, 0.15) is 5.75 Å². The van der Waals surface area contributed by atoms with Gasteiger partial charge in [-0.15, -0.1) is 0 Å². The zero-order valence-electron chi connectivity index (χ0n) is 12.2. The zero-order chi connectivity index (χ0) is 15.4. The van der Waals surface area contributed by atoms with E-state index in [0.717, 1.165) is 16.6 Å². The van der Waals surface area contributed by atoms with E-state index in [2.05, 4.69) is 26.6 Å². The van der Waals surface area contributed by atoms with Gasteiger partial charge in [-0.05, 0) is 47.5 Å². The molecule has 5 nitrogen and oxygen atoms in total. The van der Waals surface area contributed by atoms with E-state index in [9.17, 15) is 9.90 Å². The number of rotatable bonds is 5. The molecular formula is C15H21BrN2O3. The molecule has 3 atom stereocenters. The third-order valence-electron chi connectivity index (χ3n) is 3.60. The molecule has 21 heavy (non-hydrogen) atoms. The molecule has 116 valence electrons. The van der Waals surface area contributed by atoms with Gasteiger partial charge in [-0.2, -0.15) is 0 Å². The van der Waals surface area contributed by atoms with E-state index in [1.807, 2.05) is 25.1 Å². The van der Waals surface area contributed by atoms with Crippen LogP contribution in [0.3, 0.4) is 0 Å². The number of hydrogen-bond donors (Lipinski definition) is 3. The Bertz CT molecular complexity index is 510. The first-order valence-electron chi connectivity index (χ1n) is 7.06. The molecule has 1 fully saturated rings. The Morgan fingerprint density at radius 2 is 2.33 bits per heavy atom. The van der Waals surface area contributed by atoms with Crippen molar-refractivity contribution in [3.8, 4) is 5.75 Å². The van der Waals surface area contributed by atoms with Crippen LogP contribution < -0.4 is 15.4 Å². The molecule has 0 aromatic heterocycles. The number of ether oxygens (including phenoxy) is 1. The number of hydrogen-bond acceptors (Lipinski definition) is 4. The maximum absolute atomic E-state index is 12.0. The largest absolute Gasteiger partial charge is 0.480 e. The molecule has 0 radical (unpaired) electrons. The molecule has 2 rings (SSSR count). The molecule has 1 saturated heterocycles. The quantitative estimate of drug-likeness (QED) is 0.741. The number of carbonyl (C=O) groups is 1. The van der Waals surface area contributed by atoms with Crippen molar-refractivity contribution in [2.24, 2.45) is 5.92 Å². The SMILES string of the molecule is Cc1ccc(OC(C)C(=O)NCC2CNCC2O)c(Br)c1. The number of amides is 1. The van der Waals surface area contributed by atoms with Crippen LogP contribution in [0.1, 0.15) is 12.5 Å². The molecule has 1 aromatic carbocycles. The Balaban J connectivity index is 1.84. The fraction of sp³-hybridized carbons (Fsp3) is 0.533. The van der Waals surface area contributed by atoms with Crippen molar-refractivity contribution in [2.75, 3.05) is 19.6 Å². The molecule has 0 spiro atoms. The normalized spacial score (nSPS) is 22.9. The highest BCUT2D eigenvalue weighted by Crippen LogP contribution is 2.26. The summed E-state index contributed by atoms with van der Waals surface area (Å²) >= 11 is 3.43. The summed E-state index contributed by atoms with van der Waals surface area (Å²) in [6, 6.07) is 5.72. The Morgan fingerprint density at radius 1 is 1.57 bits per heavy atom. The van der Waals surface area contributed by atoms with Crippen molar-refractivity contribution < 1.29 is 14.6 Å². The van der Waals surface area contributed by atoms with E-state index in [-0.39, 0.29) is 11.8 Å². The van der Waals surface area contributed by atoms with Crippen LogP contribution in [0.25, 0.3) is 0 Å². The molecule has 3 N–H and O–H groups in total. The van der Waals surface area contributed by atoms with Gasteiger partial charge in [0.25, 0.3) is 5.91 Å². The van der Waals surface area contributed by atoms with Crippen molar-refractivity contribution in [3.05, 3.63) is 28.2 Å². The maximum Gasteiger partial charge on any atom is 0.260 e. The van der Waals surface area contributed by atoms with Crippen LogP contribution in [0.15, 0.2) is 22.7 Å². The molecule has 1 aliphatic heterocycles. The van der Waals surface area contributed by atoms with E-state index in [0.29, 0.717) is 18.8 Å². The van der Waals surface area contributed by atoms with Crippen molar-refractivity contribution in [1.29, 1.82) is 0 Å². The van der Waals surface area contributed by atoms with Crippen LogP contribution in [0.4, 0.5) is 0 Å². The second-order valence-corrected chi connectivity index (χ2v) is 6.28. The number of benzene rings is 1. The van der Waals surface area contributed by atoms with Gasteiger partial charge < -0.3 is 20.5 Å². The standard InChI is InChI=1S/C15H21BrN2O3/c1-9-3-4-14(12(16)5-9)21-10(2)15(20)18-7-11-6-17-8-13(11)19/h3-5,10-11,13,17,19H,6-8H2,1-2H3,(H,18,20). The lowest BCUT2D eigenvalue weighted by Crippen LogP contribution is -2.41. The Labute approximate surface area is 133 Å². The van der Waals surface area contributed by atoms with E-state index >= 15 is 0 Å². The molecule has 0 saturated carbocycles. The monoisotopic (exact) mass is 356 g/mol. The number of carbonyl (C=O) groups excluding carboxylic acids is 1. The van der Waals surface area contributed by atoms with Gasteiger partial charge in [-0.1, -0.05) is 6.07 Å². The number of aryl methyl sites for hydroxylation is 1. The lowest BCUT2D eigenvalue weighted by molar-refractivity contribution is -0.127. The Kier molecular flexibility index (Phi) is 5.61. The van der Waals surface area contributed by atoms with Gasteiger partial charge in [0.15, 0.2) is 6.10 Å². The topological polar surface area (TPSA) is 70.6 Å². The van der Waals surface area contributed by atoms with E-state index in [1.54, 1.807) is 6.92 Å². The summed E-state index contributed by atoms with van der Waals surface area (Å²) in [6.07, 6.45) is -0.983. The molecular weight excluding hydrogens is 336 g/mol. The minimum atomic E-state index is -0.587. The molecule has 1 amide bonds. The van der Waals surface area contributed by atoms with Crippen LogP contribution >= 0.6 is 15.9 Å². The van der Waals surface area contributed by atoms with Crippen LogP contribution in [-0.2, 0) is 4.79 Å². The fourth-order valence-corrected chi connectivity index (χ4v) is 2.84. The molecule has 1 heterocycles. The average Bonchev–Trinajstić information content (AvgIpc) is 2.84. The van der Waals surface area contributed by atoms with Crippen LogP contribution in [0.5, 0.6) is 5.75 Å². The second kappa shape index (κ2) is 7.24. The minimum absolute atomic E-state index is 0.0623. The summed E-state index contributed by atoms with van der Waals surface area (Å²) in [7, 11) is 0. The molecule has 6 heteroatoms. The van der Waals surface area contributed by atoms with Crippen molar-refractivity contribution in [1.82, 2.24) is 10.6 Å². The smallest absolute Gasteiger partial charge is 0.260 e. The summed E-state index contributed by atoms with van der Waals surface area (Å²) in [4.78, 5) is 12.0. The number of nitrogens with one attached hydrogen (secondary N) is 2. The second-order valence-electron chi connectivity index (χ2n) is 5.42. The average molecular weight is 357 g/mol. The first-order chi connectivity index (χ1) is 9.97. The highest BCUT2D eigenvalue weighted by Gasteiger charge is 2.26. The fourth-order valence-electron chi connectivity index (χ4n) is 2.25. The van der Waals surface area contributed by atoms with Crippen LogP contribution in [0.2, 0.25) is 0 Å². The number of aliphatic hydroxyl groups is 1. The van der Waals surface area contributed by atoms with Gasteiger partial charge in [0.05, 0.1) is 10.6 Å². The third kappa shape index (κ3) is 4.43. The van der Waals surface area contributed by atoms with Crippen LogP contribution in [-0.4, -0.2) is 42.9 Å². The minimum Gasteiger partial charge on any atom is -0.480 e. The maximum atomic E-state index is 12.0. The first-order valence-corrected chi connectivity index (χ1v) is 7.86. The highest BCUT2D eigenvalue weighted by atomic mass is 79.9.